The summed E-state index contributed by atoms with van der Waals surface area (Å²) < 4.78 is 5.60. The second-order valence-corrected chi connectivity index (χ2v) is 10.2. The third-order valence-corrected chi connectivity index (χ3v) is 7.58. The zero-order valence-corrected chi connectivity index (χ0v) is 20.1. The second kappa shape index (κ2) is 9.29. The Labute approximate surface area is 205 Å². The number of hydrogen-bond acceptors (Lipinski definition) is 5. The molecule has 3 fully saturated rings. The first-order valence-electron chi connectivity index (χ1n) is 12.3. The second-order valence-electron chi connectivity index (χ2n) is 10.2. The Morgan fingerprint density at radius 1 is 1.00 bits per heavy atom. The summed E-state index contributed by atoms with van der Waals surface area (Å²) in [4.78, 5) is 54.3. The van der Waals surface area contributed by atoms with Crippen LogP contribution in [0.4, 0.5) is 5.69 Å². The molecule has 3 amide bonds. The molecule has 1 aliphatic carbocycles. The van der Waals surface area contributed by atoms with Crippen LogP contribution < -0.4 is 9.64 Å². The van der Waals surface area contributed by atoms with Gasteiger partial charge >= 0.3 is 5.97 Å². The summed E-state index contributed by atoms with van der Waals surface area (Å²) >= 11 is 0. The molecule has 2 heterocycles. The van der Waals surface area contributed by atoms with Crippen molar-refractivity contribution in [1.29, 1.82) is 0 Å². The van der Waals surface area contributed by atoms with E-state index in [2.05, 4.69) is 6.92 Å². The molecule has 182 valence electrons. The highest BCUT2D eigenvalue weighted by molar-refractivity contribution is 6.22. The van der Waals surface area contributed by atoms with Crippen molar-refractivity contribution >= 4 is 29.4 Å². The van der Waals surface area contributed by atoms with E-state index in [0.29, 0.717) is 36.0 Å². The molecule has 2 aromatic carbocycles. The van der Waals surface area contributed by atoms with Gasteiger partial charge in [0.05, 0.1) is 23.4 Å². The molecule has 1 saturated carbocycles. The van der Waals surface area contributed by atoms with Crippen molar-refractivity contribution in [2.45, 2.75) is 46.1 Å². The zero-order valence-electron chi connectivity index (χ0n) is 20.1. The van der Waals surface area contributed by atoms with Crippen LogP contribution in [-0.2, 0) is 25.7 Å². The highest BCUT2D eigenvalue weighted by Crippen LogP contribution is 2.43. The van der Waals surface area contributed by atoms with E-state index < -0.39 is 11.9 Å². The van der Waals surface area contributed by atoms with Crippen molar-refractivity contribution in [3.8, 4) is 5.75 Å². The predicted octanol–water partition coefficient (Wildman–Crippen LogP) is 3.87. The molecule has 2 saturated heterocycles. The van der Waals surface area contributed by atoms with Crippen LogP contribution in [0.25, 0.3) is 0 Å². The van der Waals surface area contributed by atoms with Gasteiger partial charge < -0.3 is 9.64 Å². The van der Waals surface area contributed by atoms with Gasteiger partial charge in [-0.1, -0.05) is 37.3 Å². The number of imide groups is 1. The average molecular weight is 475 g/mol. The number of amides is 3. The summed E-state index contributed by atoms with van der Waals surface area (Å²) in [7, 11) is 0. The molecular weight excluding hydrogens is 444 g/mol. The quantitative estimate of drug-likeness (QED) is 0.373. The monoisotopic (exact) mass is 474 g/mol. The number of ether oxygens (including phenoxy) is 1. The summed E-state index contributed by atoms with van der Waals surface area (Å²) in [5, 5.41) is 0. The standard InChI is InChI=1S/C28H30N2O5/c1-17-8-10-22-23(12-17)27(33)30(26(22)32)24-11-9-21(13-18(24)2)35-28(34)20-14-25(31)29(16-20)15-19-6-4-3-5-7-19/h3-7,9,11,13,17,20,22-23H,8,10,12,14-16H2,1-2H3/t17-,20+,22+,23-/m0/s1. The fraction of sp³-hybridized carbons (Fsp3) is 0.429. The lowest BCUT2D eigenvalue weighted by Gasteiger charge is -2.25. The van der Waals surface area contributed by atoms with Crippen LogP contribution in [0.5, 0.6) is 5.75 Å². The predicted molar refractivity (Wildman–Crippen MR) is 129 cm³/mol. The summed E-state index contributed by atoms with van der Waals surface area (Å²) in [6.07, 6.45) is 2.60. The maximum Gasteiger partial charge on any atom is 0.316 e. The maximum absolute atomic E-state index is 13.1. The minimum atomic E-state index is -0.530. The number of hydrogen-bond donors (Lipinski definition) is 0. The zero-order chi connectivity index (χ0) is 24.7. The summed E-state index contributed by atoms with van der Waals surface area (Å²) in [5.41, 5.74) is 2.25. The van der Waals surface area contributed by atoms with Gasteiger partial charge in [-0.05, 0) is 61.4 Å². The number of benzene rings is 2. The number of fused-ring (bicyclic) bond motifs is 1. The van der Waals surface area contributed by atoms with Crippen LogP contribution in [0.15, 0.2) is 48.5 Å². The minimum Gasteiger partial charge on any atom is -0.426 e. The molecule has 35 heavy (non-hydrogen) atoms. The molecule has 2 aliphatic heterocycles. The number of anilines is 1. The van der Waals surface area contributed by atoms with Gasteiger partial charge in [-0.15, -0.1) is 0 Å². The number of aryl methyl sites for hydroxylation is 1. The van der Waals surface area contributed by atoms with Crippen LogP contribution in [0.1, 0.15) is 43.7 Å². The van der Waals surface area contributed by atoms with Crippen molar-refractivity contribution < 1.29 is 23.9 Å². The minimum absolute atomic E-state index is 0.0656. The van der Waals surface area contributed by atoms with Crippen LogP contribution in [0.2, 0.25) is 0 Å². The molecule has 4 atom stereocenters. The normalized spacial score (nSPS) is 26.3. The van der Waals surface area contributed by atoms with Gasteiger partial charge in [0.25, 0.3) is 0 Å². The molecule has 0 aromatic heterocycles. The van der Waals surface area contributed by atoms with E-state index in [-0.39, 0.29) is 36.0 Å². The first-order valence-corrected chi connectivity index (χ1v) is 12.3. The first-order chi connectivity index (χ1) is 16.8. The largest absolute Gasteiger partial charge is 0.426 e. The van der Waals surface area contributed by atoms with E-state index in [1.54, 1.807) is 30.0 Å². The van der Waals surface area contributed by atoms with E-state index in [9.17, 15) is 19.2 Å². The van der Waals surface area contributed by atoms with Crippen LogP contribution >= 0.6 is 0 Å². The van der Waals surface area contributed by atoms with Gasteiger partial charge in [0.15, 0.2) is 0 Å². The Morgan fingerprint density at radius 2 is 1.74 bits per heavy atom. The lowest BCUT2D eigenvalue weighted by Crippen LogP contribution is -2.31. The Balaban J connectivity index is 1.25. The number of nitrogens with zero attached hydrogens (tertiary/aromatic N) is 2. The van der Waals surface area contributed by atoms with Crippen LogP contribution in [0.3, 0.4) is 0 Å². The lowest BCUT2D eigenvalue weighted by atomic mass is 9.76. The van der Waals surface area contributed by atoms with E-state index in [1.807, 2.05) is 30.3 Å². The number of esters is 1. The molecule has 0 bridgehead atoms. The topological polar surface area (TPSA) is 84.0 Å². The van der Waals surface area contributed by atoms with Gasteiger partial charge in [-0.3, -0.25) is 19.2 Å². The highest BCUT2D eigenvalue weighted by Gasteiger charge is 2.50. The molecule has 0 N–H and O–H groups in total. The fourth-order valence-corrected chi connectivity index (χ4v) is 5.66. The van der Waals surface area contributed by atoms with Crippen molar-refractivity contribution in [2.24, 2.45) is 23.7 Å². The van der Waals surface area contributed by atoms with Crippen molar-refractivity contribution in [3.05, 3.63) is 59.7 Å². The van der Waals surface area contributed by atoms with Gasteiger partial charge in [0.1, 0.15) is 5.75 Å². The van der Waals surface area contributed by atoms with Crippen molar-refractivity contribution in [1.82, 2.24) is 4.90 Å². The van der Waals surface area contributed by atoms with Gasteiger partial charge in [0, 0.05) is 19.5 Å². The Bertz CT molecular complexity index is 1180. The van der Waals surface area contributed by atoms with Crippen LogP contribution in [0, 0.1) is 30.6 Å². The third kappa shape index (κ3) is 4.47. The number of rotatable bonds is 5. The molecular formula is C28H30N2O5. The van der Waals surface area contributed by atoms with Gasteiger partial charge in [-0.25, -0.2) is 4.90 Å². The molecule has 0 spiro atoms. The molecule has 0 radical (unpaired) electrons. The molecule has 5 rings (SSSR count). The Hall–Kier alpha value is -3.48. The van der Waals surface area contributed by atoms with E-state index in [0.717, 1.165) is 24.8 Å². The van der Waals surface area contributed by atoms with Gasteiger partial charge in [-0.2, -0.15) is 0 Å². The average Bonchev–Trinajstić information content (AvgIpc) is 3.31. The number of likely N-dealkylation sites (tertiary alicyclic amines) is 1. The Morgan fingerprint density at radius 3 is 2.49 bits per heavy atom. The van der Waals surface area contributed by atoms with E-state index >= 15 is 0 Å². The van der Waals surface area contributed by atoms with Crippen LogP contribution in [-0.4, -0.2) is 35.1 Å². The van der Waals surface area contributed by atoms with Crippen molar-refractivity contribution in [3.63, 3.8) is 0 Å². The molecule has 7 heteroatoms. The Kier molecular flexibility index (Phi) is 6.17. The van der Waals surface area contributed by atoms with Gasteiger partial charge in [0.2, 0.25) is 17.7 Å². The molecule has 3 aliphatic rings. The van der Waals surface area contributed by atoms with E-state index in [1.165, 1.54) is 4.90 Å². The molecule has 7 nitrogen and oxygen atoms in total. The SMILES string of the molecule is Cc1cc(OC(=O)[C@@H]2CC(=O)N(Cc3ccccc3)C2)ccc1N1C(=O)[C@H]2C[C@@H](C)CC[C@H]2C1=O. The molecule has 0 unspecified atom stereocenters. The number of carbonyl (C=O) groups excluding carboxylic acids is 4. The summed E-state index contributed by atoms with van der Waals surface area (Å²) in [6.45, 7) is 4.72. The fourth-order valence-electron chi connectivity index (χ4n) is 5.66. The van der Waals surface area contributed by atoms with E-state index in [4.69, 9.17) is 4.74 Å². The smallest absolute Gasteiger partial charge is 0.316 e. The summed E-state index contributed by atoms with van der Waals surface area (Å²) in [6, 6.07) is 14.6. The van der Waals surface area contributed by atoms with Crippen molar-refractivity contribution in [2.75, 3.05) is 11.4 Å². The summed E-state index contributed by atoms with van der Waals surface area (Å²) in [5.74, 6) is -0.963. The lowest BCUT2D eigenvalue weighted by molar-refractivity contribution is -0.139. The third-order valence-electron chi connectivity index (χ3n) is 7.58. The first kappa shape index (κ1) is 23.3. The maximum atomic E-state index is 13.1. The number of carbonyl (C=O) groups is 4. The molecule has 2 aromatic rings. The highest BCUT2D eigenvalue weighted by atomic mass is 16.5.